The quantitative estimate of drug-likeness (QED) is 0.830. The summed E-state index contributed by atoms with van der Waals surface area (Å²) in [4.78, 5) is 6.36. The average Bonchev–Trinajstić information content (AvgIpc) is 2.74. The van der Waals surface area contributed by atoms with E-state index in [2.05, 4.69) is 22.4 Å². The highest BCUT2D eigenvalue weighted by molar-refractivity contribution is 7.07. The Balaban J connectivity index is 1.92. The summed E-state index contributed by atoms with van der Waals surface area (Å²) in [5.74, 6) is 0. The van der Waals surface area contributed by atoms with Gasteiger partial charge in [-0.05, 0) is 24.7 Å². The van der Waals surface area contributed by atoms with Crippen molar-refractivity contribution < 1.29 is 0 Å². The van der Waals surface area contributed by atoms with Crippen molar-refractivity contribution in [1.82, 2.24) is 9.88 Å². The maximum atomic E-state index is 5.84. The van der Waals surface area contributed by atoms with E-state index in [0.29, 0.717) is 0 Å². The molecular formula is C12H12ClN2S. The molecule has 0 unspecified atom stereocenters. The molecule has 0 saturated heterocycles. The molecule has 0 atom stereocenters. The van der Waals surface area contributed by atoms with Gasteiger partial charge in [-0.3, -0.25) is 4.90 Å². The van der Waals surface area contributed by atoms with Gasteiger partial charge in [0.1, 0.15) is 0 Å². The lowest BCUT2D eigenvalue weighted by Gasteiger charge is -2.15. The fraction of sp³-hybridized carbons (Fsp3) is 0.250. The van der Waals surface area contributed by atoms with Crippen LogP contribution in [0.1, 0.15) is 11.3 Å². The van der Waals surface area contributed by atoms with E-state index < -0.39 is 0 Å². The van der Waals surface area contributed by atoms with Crippen LogP contribution < -0.4 is 0 Å². The Labute approximate surface area is 105 Å². The Kier molecular flexibility index (Phi) is 3.93. The van der Waals surface area contributed by atoms with E-state index in [1.165, 1.54) is 16.9 Å². The summed E-state index contributed by atoms with van der Waals surface area (Å²) >= 11 is 7.35. The number of hydrogen-bond acceptors (Lipinski definition) is 3. The smallest absolute Gasteiger partial charge is 0.152 e. The molecule has 0 N–H and O–H groups in total. The highest BCUT2D eigenvalue weighted by Crippen LogP contribution is 2.12. The summed E-state index contributed by atoms with van der Waals surface area (Å²) in [6.45, 7) is 1.75. The topological polar surface area (TPSA) is 16.1 Å². The first-order valence-electron chi connectivity index (χ1n) is 4.97. The molecular weight excluding hydrogens is 240 g/mol. The molecule has 1 radical (unpaired) electrons. The van der Waals surface area contributed by atoms with Crippen molar-refractivity contribution in [1.29, 1.82) is 0 Å². The molecule has 0 fully saturated rings. The monoisotopic (exact) mass is 251 g/mol. The van der Waals surface area contributed by atoms with E-state index in [4.69, 9.17) is 11.6 Å². The number of aromatic nitrogens is 1. The van der Waals surface area contributed by atoms with Crippen molar-refractivity contribution in [2.24, 2.45) is 0 Å². The average molecular weight is 252 g/mol. The zero-order valence-electron chi connectivity index (χ0n) is 8.98. The van der Waals surface area contributed by atoms with Crippen LogP contribution in [-0.2, 0) is 13.1 Å². The molecule has 4 heteroatoms. The van der Waals surface area contributed by atoms with Gasteiger partial charge in [0.2, 0.25) is 0 Å². The van der Waals surface area contributed by atoms with E-state index in [9.17, 15) is 0 Å². The Hall–Kier alpha value is -0.900. The Morgan fingerprint density at radius 3 is 2.69 bits per heavy atom. The van der Waals surface area contributed by atoms with E-state index in [0.717, 1.165) is 23.8 Å². The first kappa shape index (κ1) is 11.6. The minimum absolute atomic E-state index is 0.778. The normalized spacial score (nSPS) is 10.9. The molecule has 16 heavy (non-hydrogen) atoms. The van der Waals surface area contributed by atoms with E-state index in [-0.39, 0.29) is 0 Å². The molecule has 2 rings (SSSR count). The molecule has 0 aliphatic heterocycles. The second kappa shape index (κ2) is 5.43. The standard InChI is InChI=1S/C12H12ClN2S/c1-15(7-12-8-16-9-14-12)6-10-2-4-11(13)5-3-10/h2-5,8H,6-7H2,1H3. The molecule has 0 amide bonds. The summed E-state index contributed by atoms with van der Waals surface area (Å²) in [7, 11) is 2.08. The third kappa shape index (κ3) is 3.30. The van der Waals surface area contributed by atoms with Crippen LogP contribution in [-0.4, -0.2) is 16.9 Å². The number of thiazole rings is 1. The van der Waals surface area contributed by atoms with E-state index in [1.54, 1.807) is 0 Å². The molecule has 0 bridgehead atoms. The molecule has 2 aromatic rings. The summed E-state index contributed by atoms with van der Waals surface area (Å²) in [5.41, 5.74) is 5.18. The third-order valence-electron chi connectivity index (χ3n) is 2.23. The number of halogens is 1. The predicted molar refractivity (Wildman–Crippen MR) is 67.6 cm³/mol. The van der Waals surface area contributed by atoms with Gasteiger partial charge in [-0.15, -0.1) is 11.3 Å². The van der Waals surface area contributed by atoms with Crippen molar-refractivity contribution in [3.8, 4) is 0 Å². The van der Waals surface area contributed by atoms with Gasteiger partial charge in [0, 0.05) is 23.5 Å². The molecule has 1 heterocycles. The number of nitrogens with zero attached hydrogens (tertiary/aromatic N) is 2. The van der Waals surface area contributed by atoms with Crippen LogP contribution in [0.25, 0.3) is 0 Å². The van der Waals surface area contributed by atoms with E-state index in [1.807, 2.05) is 29.6 Å². The summed E-state index contributed by atoms with van der Waals surface area (Å²) in [5, 5.41) is 2.80. The maximum Gasteiger partial charge on any atom is 0.152 e. The minimum atomic E-state index is 0.778. The Morgan fingerprint density at radius 2 is 2.06 bits per heavy atom. The van der Waals surface area contributed by atoms with Crippen LogP contribution in [0.2, 0.25) is 5.02 Å². The van der Waals surface area contributed by atoms with E-state index >= 15 is 0 Å². The van der Waals surface area contributed by atoms with Gasteiger partial charge in [0.25, 0.3) is 0 Å². The summed E-state index contributed by atoms with van der Waals surface area (Å²) in [6, 6.07) is 7.93. The van der Waals surface area contributed by atoms with Gasteiger partial charge in [0.05, 0.1) is 5.69 Å². The highest BCUT2D eigenvalue weighted by atomic mass is 35.5. The van der Waals surface area contributed by atoms with Crippen molar-refractivity contribution in [3.05, 3.63) is 51.4 Å². The zero-order chi connectivity index (χ0) is 11.4. The van der Waals surface area contributed by atoms with Crippen molar-refractivity contribution in [2.75, 3.05) is 7.05 Å². The van der Waals surface area contributed by atoms with Crippen molar-refractivity contribution in [2.45, 2.75) is 13.1 Å². The second-order valence-electron chi connectivity index (χ2n) is 3.73. The van der Waals surface area contributed by atoms with Gasteiger partial charge in [0.15, 0.2) is 5.51 Å². The second-order valence-corrected chi connectivity index (χ2v) is 4.82. The summed E-state index contributed by atoms with van der Waals surface area (Å²) in [6.07, 6.45) is 0. The third-order valence-corrected chi connectivity index (χ3v) is 3.07. The van der Waals surface area contributed by atoms with Crippen molar-refractivity contribution in [3.63, 3.8) is 0 Å². The fourth-order valence-corrected chi connectivity index (χ4v) is 2.12. The van der Waals surface area contributed by atoms with Gasteiger partial charge >= 0.3 is 0 Å². The van der Waals surface area contributed by atoms with Gasteiger partial charge in [-0.25, -0.2) is 4.98 Å². The molecule has 1 aromatic carbocycles. The zero-order valence-corrected chi connectivity index (χ0v) is 10.6. The Morgan fingerprint density at radius 1 is 1.31 bits per heavy atom. The fourth-order valence-electron chi connectivity index (χ4n) is 1.51. The minimum Gasteiger partial charge on any atom is -0.296 e. The highest BCUT2D eigenvalue weighted by Gasteiger charge is 2.03. The molecule has 2 nitrogen and oxygen atoms in total. The lowest BCUT2D eigenvalue weighted by atomic mass is 10.2. The lowest BCUT2D eigenvalue weighted by Crippen LogP contribution is -2.17. The lowest BCUT2D eigenvalue weighted by molar-refractivity contribution is 0.316. The molecule has 0 aliphatic carbocycles. The van der Waals surface area contributed by atoms with Crippen LogP contribution in [0.3, 0.4) is 0 Å². The van der Waals surface area contributed by atoms with Crippen LogP contribution in [0.5, 0.6) is 0 Å². The van der Waals surface area contributed by atoms with Crippen LogP contribution >= 0.6 is 22.9 Å². The largest absolute Gasteiger partial charge is 0.296 e. The SMILES string of the molecule is CN(Cc1ccc(Cl)cc1)Cc1cs[c]n1. The maximum absolute atomic E-state index is 5.84. The van der Waals surface area contributed by atoms with Crippen molar-refractivity contribution >= 4 is 22.9 Å². The number of benzene rings is 1. The molecule has 0 aliphatic rings. The molecule has 0 saturated carbocycles. The number of hydrogen-bond donors (Lipinski definition) is 0. The predicted octanol–water partition coefficient (Wildman–Crippen LogP) is 3.23. The number of rotatable bonds is 4. The molecule has 83 valence electrons. The first-order valence-corrected chi connectivity index (χ1v) is 6.23. The van der Waals surface area contributed by atoms with Gasteiger partial charge in [-0.1, -0.05) is 23.7 Å². The van der Waals surface area contributed by atoms with Gasteiger partial charge in [-0.2, -0.15) is 0 Å². The van der Waals surface area contributed by atoms with Crippen LogP contribution in [0.15, 0.2) is 29.6 Å². The van der Waals surface area contributed by atoms with Crippen LogP contribution in [0.4, 0.5) is 0 Å². The Bertz CT molecular complexity index is 425. The summed E-state index contributed by atoms with van der Waals surface area (Å²) < 4.78 is 0. The first-order chi connectivity index (χ1) is 7.74. The molecule has 0 spiro atoms. The van der Waals surface area contributed by atoms with Crippen LogP contribution in [0, 0.1) is 5.51 Å². The van der Waals surface area contributed by atoms with Gasteiger partial charge < -0.3 is 0 Å². The molecule has 1 aromatic heterocycles.